The Bertz CT molecular complexity index is 1170. The van der Waals surface area contributed by atoms with Crippen molar-refractivity contribution in [2.75, 3.05) is 11.9 Å². The molecule has 2 heterocycles. The van der Waals surface area contributed by atoms with Gasteiger partial charge in [-0.1, -0.05) is 38.1 Å². The van der Waals surface area contributed by atoms with Gasteiger partial charge in [0.2, 0.25) is 11.8 Å². The van der Waals surface area contributed by atoms with Crippen molar-refractivity contribution in [3.63, 3.8) is 0 Å². The van der Waals surface area contributed by atoms with Gasteiger partial charge in [-0.2, -0.15) is 8.42 Å². The highest BCUT2D eigenvalue weighted by atomic mass is 32.2. The van der Waals surface area contributed by atoms with Gasteiger partial charge in [-0.15, -0.1) is 4.40 Å². The Morgan fingerprint density at radius 2 is 1.84 bits per heavy atom. The van der Waals surface area contributed by atoms with Crippen LogP contribution in [0, 0.1) is 5.92 Å². The second kappa shape index (κ2) is 8.74. The number of carbonyl (C=O) groups excluding carboxylic acids is 2. The van der Waals surface area contributed by atoms with Gasteiger partial charge in [-0.05, 0) is 42.7 Å². The monoisotopic (exact) mass is 454 g/mol. The number of carbonyl (C=O) groups is 2. The third-order valence-electron chi connectivity index (χ3n) is 5.65. The van der Waals surface area contributed by atoms with Crippen LogP contribution in [0.3, 0.4) is 0 Å². The number of sulfonamides is 1. The van der Waals surface area contributed by atoms with E-state index in [1.165, 1.54) is 0 Å². The summed E-state index contributed by atoms with van der Waals surface area (Å²) in [4.78, 5) is 26.7. The van der Waals surface area contributed by atoms with Crippen molar-refractivity contribution in [1.29, 1.82) is 0 Å². The minimum absolute atomic E-state index is 0.0502. The molecule has 2 aliphatic rings. The topological polar surface area (TPSA) is 108 Å². The number of hydrogen-bond donors (Lipinski definition) is 2. The van der Waals surface area contributed by atoms with Gasteiger partial charge >= 0.3 is 0 Å². The van der Waals surface area contributed by atoms with E-state index in [9.17, 15) is 18.0 Å². The largest absolute Gasteiger partial charge is 0.350 e. The average molecular weight is 455 g/mol. The molecule has 2 aromatic rings. The molecule has 0 aliphatic carbocycles. The first-order chi connectivity index (χ1) is 15.3. The standard InChI is InChI=1S/C23H26N4O4S/c1-15(2)22(28)25-17-11-9-16(10-12-17)14-24-23(29)19-7-5-13-27(19)21-18-6-3-4-8-20(18)32(30,31)26-21/h3-4,6,8-12,15,19H,5,7,13-14H2,1-2H3,(H,24,29)(H,25,28)/t19-/m0/s1. The van der Waals surface area contributed by atoms with Crippen molar-refractivity contribution in [2.24, 2.45) is 10.3 Å². The highest BCUT2D eigenvalue weighted by Gasteiger charge is 2.39. The normalized spacial score (nSPS) is 18.9. The third-order valence-corrected chi connectivity index (χ3v) is 6.98. The Hall–Kier alpha value is -3.20. The van der Waals surface area contributed by atoms with Crippen LogP contribution >= 0.6 is 0 Å². The zero-order valence-corrected chi connectivity index (χ0v) is 18.9. The molecule has 2 aliphatic heterocycles. The summed E-state index contributed by atoms with van der Waals surface area (Å²) in [6.45, 7) is 4.57. The molecule has 0 radical (unpaired) electrons. The van der Waals surface area contributed by atoms with E-state index in [0.717, 1.165) is 12.0 Å². The molecule has 0 spiro atoms. The van der Waals surface area contributed by atoms with Crippen molar-refractivity contribution < 1.29 is 18.0 Å². The van der Waals surface area contributed by atoms with E-state index in [4.69, 9.17) is 0 Å². The molecule has 4 rings (SSSR count). The molecule has 0 unspecified atom stereocenters. The van der Waals surface area contributed by atoms with Gasteiger partial charge in [0, 0.05) is 30.3 Å². The van der Waals surface area contributed by atoms with E-state index in [2.05, 4.69) is 15.0 Å². The van der Waals surface area contributed by atoms with Crippen molar-refractivity contribution >= 4 is 33.4 Å². The van der Waals surface area contributed by atoms with Gasteiger partial charge in [0.1, 0.15) is 10.9 Å². The fourth-order valence-electron chi connectivity index (χ4n) is 3.89. The highest BCUT2D eigenvalue weighted by molar-refractivity contribution is 7.90. The predicted octanol–water partition coefficient (Wildman–Crippen LogP) is 2.51. The Morgan fingerprint density at radius 3 is 2.56 bits per heavy atom. The second-order valence-corrected chi connectivity index (χ2v) is 9.87. The van der Waals surface area contributed by atoms with Crippen LogP contribution in [-0.4, -0.2) is 43.6 Å². The maximum atomic E-state index is 12.9. The molecule has 8 nitrogen and oxygen atoms in total. The molecule has 9 heteroatoms. The molecule has 168 valence electrons. The molecule has 2 aromatic carbocycles. The molecule has 0 bridgehead atoms. The van der Waals surface area contributed by atoms with E-state index >= 15 is 0 Å². The van der Waals surface area contributed by atoms with Crippen LogP contribution in [0.2, 0.25) is 0 Å². The van der Waals surface area contributed by atoms with E-state index < -0.39 is 16.1 Å². The first-order valence-electron chi connectivity index (χ1n) is 10.6. The molecule has 2 N–H and O–H groups in total. The summed E-state index contributed by atoms with van der Waals surface area (Å²) >= 11 is 0. The number of rotatable bonds is 5. The number of nitrogens with zero attached hydrogens (tertiary/aromatic N) is 2. The predicted molar refractivity (Wildman–Crippen MR) is 122 cm³/mol. The van der Waals surface area contributed by atoms with Gasteiger partial charge in [-0.25, -0.2) is 0 Å². The summed E-state index contributed by atoms with van der Waals surface area (Å²) in [6.07, 6.45) is 1.41. The van der Waals surface area contributed by atoms with Gasteiger partial charge < -0.3 is 15.5 Å². The Labute approximate surface area is 187 Å². The summed E-state index contributed by atoms with van der Waals surface area (Å²) in [5.74, 6) is 0.0354. The van der Waals surface area contributed by atoms with Gasteiger partial charge in [0.05, 0.1) is 0 Å². The van der Waals surface area contributed by atoms with Crippen molar-refractivity contribution in [3.05, 3.63) is 59.7 Å². The summed E-state index contributed by atoms with van der Waals surface area (Å²) in [5.41, 5.74) is 2.16. The van der Waals surface area contributed by atoms with Crippen molar-refractivity contribution in [1.82, 2.24) is 10.2 Å². The quantitative estimate of drug-likeness (QED) is 0.722. The summed E-state index contributed by atoms with van der Waals surface area (Å²) in [5, 5.41) is 5.78. The summed E-state index contributed by atoms with van der Waals surface area (Å²) < 4.78 is 28.8. The molecular formula is C23H26N4O4S. The number of hydrogen-bond acceptors (Lipinski definition) is 5. The Balaban J connectivity index is 1.41. The first-order valence-corrected chi connectivity index (χ1v) is 12.1. The molecule has 1 saturated heterocycles. The lowest BCUT2D eigenvalue weighted by Gasteiger charge is -2.25. The molecule has 0 saturated carbocycles. The number of fused-ring (bicyclic) bond motifs is 1. The Kier molecular flexibility index (Phi) is 6.01. The molecular weight excluding hydrogens is 428 g/mol. The molecule has 32 heavy (non-hydrogen) atoms. The number of likely N-dealkylation sites (tertiary alicyclic amines) is 1. The lowest BCUT2D eigenvalue weighted by atomic mass is 10.1. The summed E-state index contributed by atoms with van der Waals surface area (Å²) in [7, 11) is -3.73. The summed E-state index contributed by atoms with van der Waals surface area (Å²) in [6, 6.07) is 13.6. The van der Waals surface area contributed by atoms with Crippen molar-refractivity contribution in [2.45, 2.75) is 44.2 Å². The number of nitrogens with one attached hydrogen (secondary N) is 2. The van der Waals surface area contributed by atoms with Crippen LogP contribution < -0.4 is 10.6 Å². The second-order valence-electron chi connectivity index (χ2n) is 8.30. The number of amidine groups is 1. The van der Waals surface area contributed by atoms with Crippen LogP contribution in [0.1, 0.15) is 37.8 Å². The van der Waals surface area contributed by atoms with Crippen LogP contribution in [0.4, 0.5) is 5.69 Å². The number of amides is 2. The SMILES string of the molecule is CC(C)C(=O)Nc1ccc(CNC(=O)[C@@H]2CCCN2C2=NS(=O)(=O)c3ccccc32)cc1. The van der Waals surface area contributed by atoms with E-state index in [1.807, 2.05) is 26.0 Å². The zero-order chi connectivity index (χ0) is 22.9. The zero-order valence-electron chi connectivity index (χ0n) is 18.0. The van der Waals surface area contributed by atoms with E-state index in [-0.39, 0.29) is 22.6 Å². The molecule has 2 amide bonds. The third kappa shape index (κ3) is 4.38. The van der Waals surface area contributed by atoms with Crippen LogP contribution in [0.25, 0.3) is 0 Å². The lowest BCUT2D eigenvalue weighted by Crippen LogP contribution is -2.45. The molecule has 0 aromatic heterocycles. The van der Waals surface area contributed by atoms with Crippen LogP contribution in [0.15, 0.2) is 57.8 Å². The number of benzene rings is 2. The lowest BCUT2D eigenvalue weighted by molar-refractivity contribution is -0.124. The van der Waals surface area contributed by atoms with Crippen LogP contribution in [0.5, 0.6) is 0 Å². The fraction of sp³-hybridized carbons (Fsp3) is 0.348. The van der Waals surface area contributed by atoms with Crippen molar-refractivity contribution in [3.8, 4) is 0 Å². The highest BCUT2D eigenvalue weighted by Crippen LogP contribution is 2.31. The van der Waals surface area contributed by atoms with E-state index in [1.54, 1.807) is 41.3 Å². The smallest absolute Gasteiger partial charge is 0.285 e. The minimum Gasteiger partial charge on any atom is -0.350 e. The van der Waals surface area contributed by atoms with Gasteiger partial charge in [0.25, 0.3) is 10.0 Å². The molecule has 1 fully saturated rings. The molecule has 1 atom stereocenters. The van der Waals surface area contributed by atoms with Gasteiger partial charge in [-0.3, -0.25) is 9.59 Å². The maximum absolute atomic E-state index is 12.9. The van der Waals surface area contributed by atoms with Crippen LogP contribution in [-0.2, 0) is 26.2 Å². The Morgan fingerprint density at radius 1 is 1.12 bits per heavy atom. The van der Waals surface area contributed by atoms with Gasteiger partial charge in [0.15, 0.2) is 5.84 Å². The maximum Gasteiger partial charge on any atom is 0.285 e. The minimum atomic E-state index is -3.73. The number of anilines is 1. The average Bonchev–Trinajstić information content (AvgIpc) is 3.36. The fourth-order valence-corrected chi connectivity index (χ4v) is 5.10. The van der Waals surface area contributed by atoms with E-state index in [0.29, 0.717) is 36.6 Å². The first kappa shape index (κ1) is 22.0.